The summed E-state index contributed by atoms with van der Waals surface area (Å²) in [6.07, 6.45) is 7.27. The first-order valence-corrected chi connectivity index (χ1v) is 6.90. The lowest BCUT2D eigenvalue weighted by Crippen LogP contribution is -2.41. The number of rotatable bonds is 5. The van der Waals surface area contributed by atoms with Crippen molar-refractivity contribution in [1.82, 2.24) is 24.5 Å². The standard InChI is InChI=1S/C12H15ClN6O/c1-2-20-9-5-8(6-9)15-11-16-10(13)17-12(18-11)19-4-3-14-7-19/h3-4,7-9H,2,5-6H2,1H3,(H,15,16,17,18). The summed E-state index contributed by atoms with van der Waals surface area (Å²) in [7, 11) is 0. The van der Waals surface area contributed by atoms with Crippen molar-refractivity contribution in [3.8, 4) is 5.95 Å². The predicted octanol–water partition coefficient (Wildman–Crippen LogP) is 1.69. The van der Waals surface area contributed by atoms with Crippen molar-refractivity contribution in [2.24, 2.45) is 0 Å². The molecule has 1 aliphatic carbocycles. The molecule has 1 N–H and O–H groups in total. The van der Waals surface area contributed by atoms with Crippen molar-refractivity contribution in [3.05, 3.63) is 24.0 Å². The molecule has 0 bridgehead atoms. The summed E-state index contributed by atoms with van der Waals surface area (Å²) in [5.74, 6) is 0.930. The Balaban J connectivity index is 1.68. The third-order valence-electron chi connectivity index (χ3n) is 3.16. The Hall–Kier alpha value is -1.73. The van der Waals surface area contributed by atoms with Crippen molar-refractivity contribution in [3.63, 3.8) is 0 Å². The van der Waals surface area contributed by atoms with Gasteiger partial charge in [-0.05, 0) is 31.4 Å². The maximum atomic E-state index is 5.93. The number of hydrogen-bond donors (Lipinski definition) is 1. The molecule has 0 atom stereocenters. The van der Waals surface area contributed by atoms with Gasteiger partial charge in [-0.15, -0.1) is 0 Å². The maximum Gasteiger partial charge on any atom is 0.241 e. The largest absolute Gasteiger partial charge is 0.378 e. The Morgan fingerprint density at radius 2 is 2.25 bits per heavy atom. The van der Waals surface area contributed by atoms with E-state index in [1.165, 1.54) is 0 Å². The molecule has 3 rings (SSSR count). The molecule has 0 amide bonds. The first-order valence-electron chi connectivity index (χ1n) is 6.52. The molecular formula is C12H15ClN6O. The van der Waals surface area contributed by atoms with Gasteiger partial charge in [-0.3, -0.25) is 4.57 Å². The molecular weight excluding hydrogens is 280 g/mol. The molecule has 2 heterocycles. The fourth-order valence-electron chi connectivity index (χ4n) is 2.13. The second-order valence-corrected chi connectivity index (χ2v) is 4.93. The lowest BCUT2D eigenvalue weighted by Gasteiger charge is -2.35. The topological polar surface area (TPSA) is 77.8 Å². The van der Waals surface area contributed by atoms with Gasteiger partial charge in [-0.2, -0.15) is 15.0 Å². The molecule has 1 aliphatic rings. The van der Waals surface area contributed by atoms with Crippen LogP contribution in [0.4, 0.5) is 5.95 Å². The van der Waals surface area contributed by atoms with Crippen LogP contribution < -0.4 is 5.32 Å². The molecule has 1 fully saturated rings. The molecule has 0 aromatic carbocycles. The third-order valence-corrected chi connectivity index (χ3v) is 3.33. The van der Waals surface area contributed by atoms with Crippen LogP contribution >= 0.6 is 11.6 Å². The van der Waals surface area contributed by atoms with Gasteiger partial charge in [-0.1, -0.05) is 0 Å². The zero-order valence-corrected chi connectivity index (χ0v) is 11.8. The van der Waals surface area contributed by atoms with Crippen LogP contribution in [0.2, 0.25) is 5.28 Å². The highest BCUT2D eigenvalue weighted by atomic mass is 35.5. The quantitative estimate of drug-likeness (QED) is 0.904. The predicted molar refractivity (Wildman–Crippen MR) is 74.0 cm³/mol. The highest BCUT2D eigenvalue weighted by Crippen LogP contribution is 2.26. The van der Waals surface area contributed by atoms with E-state index in [9.17, 15) is 0 Å². The molecule has 2 aromatic rings. The van der Waals surface area contributed by atoms with Gasteiger partial charge >= 0.3 is 0 Å². The number of halogens is 1. The van der Waals surface area contributed by atoms with Crippen molar-refractivity contribution in [2.45, 2.75) is 31.9 Å². The summed E-state index contributed by atoms with van der Waals surface area (Å²) >= 11 is 5.93. The Morgan fingerprint density at radius 3 is 2.95 bits per heavy atom. The second-order valence-electron chi connectivity index (χ2n) is 4.59. The minimum atomic E-state index is 0.159. The van der Waals surface area contributed by atoms with E-state index in [0.29, 0.717) is 24.0 Å². The average molecular weight is 295 g/mol. The van der Waals surface area contributed by atoms with Crippen LogP contribution in [-0.2, 0) is 4.74 Å². The number of hydrogen-bond acceptors (Lipinski definition) is 6. The number of imidazole rings is 1. The summed E-state index contributed by atoms with van der Waals surface area (Å²) in [5.41, 5.74) is 0. The maximum absolute atomic E-state index is 5.93. The minimum absolute atomic E-state index is 0.159. The molecule has 7 nitrogen and oxygen atoms in total. The van der Waals surface area contributed by atoms with Crippen LogP contribution in [-0.4, -0.2) is 43.3 Å². The van der Waals surface area contributed by atoms with Gasteiger partial charge in [0.05, 0.1) is 6.10 Å². The van der Waals surface area contributed by atoms with Crippen molar-refractivity contribution in [2.75, 3.05) is 11.9 Å². The van der Waals surface area contributed by atoms with E-state index in [-0.39, 0.29) is 5.28 Å². The summed E-state index contributed by atoms with van der Waals surface area (Å²) in [6, 6.07) is 0.320. The van der Waals surface area contributed by atoms with Gasteiger partial charge in [-0.25, -0.2) is 4.98 Å². The van der Waals surface area contributed by atoms with Crippen LogP contribution in [0.3, 0.4) is 0 Å². The third kappa shape index (κ3) is 2.88. The summed E-state index contributed by atoms with van der Waals surface area (Å²) < 4.78 is 7.20. The second kappa shape index (κ2) is 5.72. The molecule has 0 unspecified atom stereocenters. The number of nitrogens with zero attached hydrogens (tertiary/aromatic N) is 5. The van der Waals surface area contributed by atoms with Crippen LogP contribution in [0.25, 0.3) is 5.95 Å². The summed E-state index contributed by atoms with van der Waals surface area (Å²) in [6.45, 7) is 2.75. The minimum Gasteiger partial charge on any atom is -0.378 e. The molecule has 0 saturated heterocycles. The van der Waals surface area contributed by atoms with Gasteiger partial charge in [0, 0.05) is 25.0 Å². The molecule has 8 heteroatoms. The van der Waals surface area contributed by atoms with Crippen molar-refractivity contribution in [1.29, 1.82) is 0 Å². The molecule has 20 heavy (non-hydrogen) atoms. The molecule has 0 aliphatic heterocycles. The van der Waals surface area contributed by atoms with Crippen molar-refractivity contribution >= 4 is 17.5 Å². The Labute approximate surface area is 121 Å². The van der Waals surface area contributed by atoms with E-state index in [2.05, 4.69) is 25.3 Å². The highest BCUT2D eigenvalue weighted by molar-refractivity contribution is 6.28. The smallest absolute Gasteiger partial charge is 0.241 e. The van der Waals surface area contributed by atoms with Crippen LogP contribution in [0.1, 0.15) is 19.8 Å². The normalized spacial score (nSPS) is 21.5. The van der Waals surface area contributed by atoms with E-state index in [0.717, 1.165) is 19.4 Å². The van der Waals surface area contributed by atoms with E-state index >= 15 is 0 Å². The number of ether oxygens (including phenoxy) is 1. The highest BCUT2D eigenvalue weighted by Gasteiger charge is 2.30. The summed E-state index contributed by atoms with van der Waals surface area (Å²) in [5, 5.41) is 3.41. The van der Waals surface area contributed by atoms with Crippen LogP contribution in [0, 0.1) is 0 Å². The number of nitrogens with one attached hydrogen (secondary N) is 1. The van der Waals surface area contributed by atoms with Crippen LogP contribution in [0.5, 0.6) is 0 Å². The molecule has 106 valence electrons. The zero-order valence-electron chi connectivity index (χ0n) is 11.0. The van der Waals surface area contributed by atoms with Gasteiger partial charge < -0.3 is 10.1 Å². The molecule has 0 radical (unpaired) electrons. The lowest BCUT2D eigenvalue weighted by molar-refractivity contribution is 0.00285. The van der Waals surface area contributed by atoms with Gasteiger partial charge in [0.1, 0.15) is 6.33 Å². The zero-order chi connectivity index (χ0) is 13.9. The summed E-state index contributed by atoms with van der Waals surface area (Å²) in [4.78, 5) is 16.5. The van der Waals surface area contributed by atoms with Crippen molar-refractivity contribution < 1.29 is 4.74 Å². The fourth-order valence-corrected chi connectivity index (χ4v) is 2.29. The van der Waals surface area contributed by atoms with E-state index < -0.39 is 0 Å². The SMILES string of the molecule is CCOC1CC(Nc2nc(Cl)nc(-n3ccnc3)n2)C1. The lowest BCUT2D eigenvalue weighted by atomic mass is 9.89. The average Bonchev–Trinajstić information content (AvgIpc) is 2.89. The first-order chi connectivity index (χ1) is 9.74. The van der Waals surface area contributed by atoms with Gasteiger partial charge in [0.25, 0.3) is 0 Å². The fraction of sp³-hybridized carbons (Fsp3) is 0.500. The molecule has 1 saturated carbocycles. The van der Waals surface area contributed by atoms with Crippen LogP contribution in [0.15, 0.2) is 18.7 Å². The molecule has 0 spiro atoms. The Kier molecular flexibility index (Phi) is 3.79. The molecule has 2 aromatic heterocycles. The monoisotopic (exact) mass is 294 g/mol. The van der Waals surface area contributed by atoms with E-state index in [4.69, 9.17) is 16.3 Å². The number of aromatic nitrogens is 5. The Bertz CT molecular complexity index is 569. The first kappa shape index (κ1) is 13.3. The van der Waals surface area contributed by atoms with E-state index in [1.54, 1.807) is 23.3 Å². The van der Waals surface area contributed by atoms with E-state index in [1.807, 2.05) is 6.92 Å². The van der Waals surface area contributed by atoms with Gasteiger partial charge in [0.15, 0.2) is 0 Å². The number of anilines is 1. The van der Waals surface area contributed by atoms with Gasteiger partial charge in [0.2, 0.25) is 17.2 Å². The Morgan fingerprint density at radius 1 is 1.40 bits per heavy atom.